The van der Waals surface area contributed by atoms with Gasteiger partial charge in [-0.15, -0.1) is 0 Å². The summed E-state index contributed by atoms with van der Waals surface area (Å²) in [7, 11) is 4.58. The van der Waals surface area contributed by atoms with Crippen molar-refractivity contribution in [1.82, 2.24) is 5.32 Å². The molecule has 0 aliphatic heterocycles. The molecule has 1 saturated carbocycles. The zero-order chi connectivity index (χ0) is 20.5. The first kappa shape index (κ1) is 21.6. The van der Waals surface area contributed by atoms with Crippen LogP contribution in [0.3, 0.4) is 0 Å². The van der Waals surface area contributed by atoms with Crippen molar-refractivity contribution in [2.75, 3.05) is 27.9 Å². The average Bonchev–Trinajstić information content (AvgIpc) is 2.71. The zero-order valence-corrected chi connectivity index (χ0v) is 16.9. The van der Waals surface area contributed by atoms with Crippen molar-refractivity contribution in [3.63, 3.8) is 0 Å². The van der Waals surface area contributed by atoms with Crippen molar-refractivity contribution < 1.29 is 28.5 Å². The minimum absolute atomic E-state index is 0.159. The summed E-state index contributed by atoms with van der Waals surface area (Å²) in [6, 6.07) is 3.52. The first-order valence-corrected chi connectivity index (χ1v) is 9.42. The fraction of sp³-hybridized carbons (Fsp3) is 0.524. The molecule has 1 aliphatic carbocycles. The lowest BCUT2D eigenvalue weighted by molar-refractivity contribution is -0.144. The molecule has 1 fully saturated rings. The van der Waals surface area contributed by atoms with Gasteiger partial charge in [-0.3, -0.25) is 4.79 Å². The maximum atomic E-state index is 12.0. The van der Waals surface area contributed by atoms with Gasteiger partial charge in [0.05, 0.1) is 21.3 Å². The molecule has 1 N–H and O–H groups in total. The van der Waals surface area contributed by atoms with Gasteiger partial charge in [0.25, 0.3) is 5.91 Å². The SMILES string of the molecule is COc1cc(OC)c(OC)cc1/C=C/C(=O)OCC(=O)N[C@@H]1CCCC[C@H]1C. The predicted octanol–water partition coefficient (Wildman–Crippen LogP) is 2.96. The molecule has 0 bridgehead atoms. The zero-order valence-electron chi connectivity index (χ0n) is 16.9. The Morgan fingerprint density at radius 3 is 2.32 bits per heavy atom. The highest BCUT2D eigenvalue weighted by molar-refractivity contribution is 5.90. The van der Waals surface area contributed by atoms with E-state index in [-0.39, 0.29) is 18.6 Å². The van der Waals surface area contributed by atoms with Crippen molar-refractivity contribution in [2.45, 2.75) is 38.6 Å². The van der Waals surface area contributed by atoms with Crippen LogP contribution < -0.4 is 19.5 Å². The summed E-state index contributed by atoms with van der Waals surface area (Å²) in [5.74, 6) is 1.12. The number of amides is 1. The number of carbonyl (C=O) groups excluding carboxylic acids is 2. The molecular formula is C21H29NO6. The maximum Gasteiger partial charge on any atom is 0.331 e. The minimum atomic E-state index is -0.608. The lowest BCUT2D eigenvalue weighted by atomic mass is 9.86. The summed E-state index contributed by atoms with van der Waals surface area (Å²) in [6.07, 6.45) is 7.20. The molecule has 2 rings (SSSR count). The van der Waals surface area contributed by atoms with Crippen molar-refractivity contribution in [3.8, 4) is 17.2 Å². The lowest BCUT2D eigenvalue weighted by Gasteiger charge is -2.29. The number of hydrogen-bond acceptors (Lipinski definition) is 6. The first-order chi connectivity index (χ1) is 13.5. The molecule has 0 unspecified atom stereocenters. The van der Waals surface area contributed by atoms with Crippen molar-refractivity contribution in [2.24, 2.45) is 5.92 Å². The number of rotatable bonds is 8. The Morgan fingerprint density at radius 2 is 1.68 bits per heavy atom. The normalized spacial score (nSPS) is 19.1. The van der Waals surface area contributed by atoms with Crippen LogP contribution in [0.4, 0.5) is 0 Å². The Labute approximate surface area is 166 Å². The Balaban J connectivity index is 1.91. The van der Waals surface area contributed by atoms with Gasteiger partial charge in [-0.05, 0) is 30.9 Å². The summed E-state index contributed by atoms with van der Waals surface area (Å²) < 4.78 is 20.8. The van der Waals surface area contributed by atoms with E-state index in [1.165, 1.54) is 33.8 Å². The van der Waals surface area contributed by atoms with Gasteiger partial charge in [-0.1, -0.05) is 19.8 Å². The van der Waals surface area contributed by atoms with Crippen LogP contribution in [0.15, 0.2) is 18.2 Å². The Kier molecular flexibility index (Phi) is 8.17. The van der Waals surface area contributed by atoms with Gasteiger partial charge in [0, 0.05) is 23.7 Å². The van der Waals surface area contributed by atoms with E-state index in [2.05, 4.69) is 12.2 Å². The second-order valence-electron chi connectivity index (χ2n) is 6.83. The van der Waals surface area contributed by atoms with Crippen molar-refractivity contribution in [3.05, 3.63) is 23.8 Å². The molecule has 0 spiro atoms. The van der Waals surface area contributed by atoms with Gasteiger partial charge in [-0.25, -0.2) is 4.79 Å². The van der Waals surface area contributed by atoms with Gasteiger partial charge < -0.3 is 24.3 Å². The quantitative estimate of drug-likeness (QED) is 0.542. The van der Waals surface area contributed by atoms with Crippen LogP contribution >= 0.6 is 0 Å². The molecule has 7 nitrogen and oxygen atoms in total. The molecule has 1 amide bonds. The highest BCUT2D eigenvalue weighted by Crippen LogP contribution is 2.35. The predicted molar refractivity (Wildman–Crippen MR) is 106 cm³/mol. The Hall–Kier alpha value is -2.70. The number of methoxy groups -OCH3 is 3. The van der Waals surface area contributed by atoms with Gasteiger partial charge in [-0.2, -0.15) is 0 Å². The van der Waals surface area contributed by atoms with E-state index < -0.39 is 5.97 Å². The number of nitrogens with one attached hydrogen (secondary N) is 1. The topological polar surface area (TPSA) is 83.1 Å². The average molecular weight is 391 g/mol. The fourth-order valence-corrected chi connectivity index (χ4v) is 3.30. The van der Waals surface area contributed by atoms with E-state index in [9.17, 15) is 9.59 Å². The molecule has 0 saturated heterocycles. The van der Waals surface area contributed by atoms with E-state index in [4.69, 9.17) is 18.9 Å². The summed E-state index contributed by atoms with van der Waals surface area (Å²) in [5, 5.41) is 2.95. The highest BCUT2D eigenvalue weighted by Gasteiger charge is 2.23. The number of carbonyl (C=O) groups is 2. The molecule has 1 aliphatic rings. The lowest BCUT2D eigenvalue weighted by Crippen LogP contribution is -2.42. The molecule has 28 heavy (non-hydrogen) atoms. The summed E-state index contributed by atoms with van der Waals surface area (Å²) in [6.45, 7) is 1.84. The van der Waals surface area contributed by atoms with E-state index in [1.807, 2.05) is 0 Å². The van der Waals surface area contributed by atoms with Crippen LogP contribution in [0.1, 0.15) is 38.2 Å². The molecule has 0 radical (unpaired) electrons. The maximum absolute atomic E-state index is 12.0. The van der Waals surface area contributed by atoms with Crippen LogP contribution in [-0.4, -0.2) is 45.9 Å². The molecule has 154 valence electrons. The van der Waals surface area contributed by atoms with Crippen molar-refractivity contribution >= 4 is 18.0 Å². The number of benzene rings is 1. The van der Waals surface area contributed by atoms with E-state index in [0.717, 1.165) is 19.3 Å². The van der Waals surface area contributed by atoms with E-state index >= 15 is 0 Å². The fourth-order valence-electron chi connectivity index (χ4n) is 3.30. The van der Waals surface area contributed by atoms with E-state index in [1.54, 1.807) is 18.2 Å². The molecular weight excluding hydrogens is 362 g/mol. The first-order valence-electron chi connectivity index (χ1n) is 9.42. The van der Waals surface area contributed by atoms with Gasteiger partial charge in [0.15, 0.2) is 18.1 Å². The number of hydrogen-bond donors (Lipinski definition) is 1. The van der Waals surface area contributed by atoms with Crippen LogP contribution in [0.25, 0.3) is 6.08 Å². The minimum Gasteiger partial charge on any atom is -0.496 e. The molecule has 0 heterocycles. The van der Waals surface area contributed by atoms with Crippen LogP contribution in [-0.2, 0) is 14.3 Å². The van der Waals surface area contributed by atoms with Gasteiger partial charge in [0.1, 0.15) is 5.75 Å². The Morgan fingerprint density at radius 1 is 1.04 bits per heavy atom. The summed E-state index contributed by atoms with van der Waals surface area (Å²) in [5.41, 5.74) is 0.623. The third kappa shape index (κ3) is 5.90. The van der Waals surface area contributed by atoms with Crippen LogP contribution in [0, 0.1) is 5.92 Å². The second-order valence-corrected chi connectivity index (χ2v) is 6.83. The number of ether oxygens (including phenoxy) is 4. The molecule has 1 aromatic carbocycles. The third-order valence-electron chi connectivity index (χ3n) is 4.94. The largest absolute Gasteiger partial charge is 0.496 e. The molecule has 7 heteroatoms. The molecule has 0 aromatic heterocycles. The second kappa shape index (κ2) is 10.6. The standard InChI is InChI=1S/C21H29NO6/c1-14-7-5-6-8-16(14)22-20(23)13-28-21(24)10-9-15-11-18(26-3)19(27-4)12-17(15)25-2/h9-12,14,16H,5-8,13H2,1-4H3,(H,22,23)/b10-9+/t14-,16-/m1/s1. The van der Waals surface area contributed by atoms with Gasteiger partial charge in [0.2, 0.25) is 0 Å². The third-order valence-corrected chi connectivity index (χ3v) is 4.94. The Bertz CT molecular complexity index is 715. The smallest absolute Gasteiger partial charge is 0.331 e. The molecule has 2 atom stereocenters. The van der Waals surface area contributed by atoms with Crippen molar-refractivity contribution in [1.29, 1.82) is 0 Å². The summed E-state index contributed by atoms with van der Waals surface area (Å²) in [4.78, 5) is 24.0. The monoisotopic (exact) mass is 391 g/mol. The highest BCUT2D eigenvalue weighted by atomic mass is 16.5. The summed E-state index contributed by atoms with van der Waals surface area (Å²) >= 11 is 0. The van der Waals surface area contributed by atoms with Crippen LogP contribution in [0.2, 0.25) is 0 Å². The number of esters is 1. The van der Waals surface area contributed by atoms with Gasteiger partial charge >= 0.3 is 5.97 Å². The van der Waals surface area contributed by atoms with E-state index in [0.29, 0.717) is 28.7 Å². The molecule has 1 aromatic rings. The van der Waals surface area contributed by atoms with Crippen LogP contribution in [0.5, 0.6) is 17.2 Å².